The summed E-state index contributed by atoms with van der Waals surface area (Å²) in [5.74, 6) is 9.49. The Bertz CT molecular complexity index is 5320. The van der Waals surface area contributed by atoms with Gasteiger partial charge in [-0.05, 0) is 243 Å². The Balaban J connectivity index is 0.0000190. The molecule has 10 heterocycles. The number of H-pyrrole nitrogens is 2. The van der Waals surface area contributed by atoms with Gasteiger partial charge in [-0.15, -0.1) is 22.1 Å². The molecule has 12 rings (SSSR count). The van der Waals surface area contributed by atoms with E-state index in [4.69, 9.17) is 29.9 Å². The van der Waals surface area contributed by atoms with Crippen molar-refractivity contribution in [1.82, 2.24) is 39.9 Å². The van der Waals surface area contributed by atoms with E-state index in [2.05, 4.69) is 251 Å². The molecule has 0 unspecified atom stereocenters. The monoisotopic (exact) mass is 1950 g/mol. The number of nitrogens with one attached hydrogen (secondary N) is 2. The molecular weight excluding hydrogens is 1760 g/mol. The van der Waals surface area contributed by atoms with Gasteiger partial charge in [0.2, 0.25) is 0 Å². The van der Waals surface area contributed by atoms with Crippen LogP contribution in [0.1, 0.15) is 594 Å². The Morgan fingerprint density at radius 1 is 0.199 bits per heavy atom. The number of unbranched alkanes of at least 4 members (excludes halogenated alkanes) is 36. The zero-order chi connectivity index (χ0) is 98.1. The molecule has 0 amide bonds. The summed E-state index contributed by atoms with van der Waals surface area (Å²) in [6, 6.07) is 37.4. The number of nitrogens with zero attached hydrogens (tertiary/aromatic N) is 6. The Labute approximate surface area is 870 Å². The maximum Gasteiger partial charge on any atom is 2.00 e. The Morgan fingerprint density at radius 2 is 0.397 bits per heavy atom. The molecule has 0 radical (unpaired) electrons. The first kappa shape index (κ1) is 113. The number of rotatable bonds is 68. The van der Waals surface area contributed by atoms with Crippen LogP contribution in [0.4, 0.5) is 0 Å². The fraction of sp³-hybridized carbons (Fsp3) is 0.591. The van der Waals surface area contributed by atoms with E-state index in [9.17, 15) is 0 Å². The summed E-state index contributed by atoms with van der Waals surface area (Å²) in [6.45, 7) is 28.2. The molecule has 2 N–H and O–H groups in total. The maximum absolute atomic E-state index is 6.06. The normalized spacial score (nSPS) is 12.4. The molecule has 0 fully saturated rings. The molecule has 758 valence electrons. The third kappa shape index (κ3) is 33.7. The van der Waals surface area contributed by atoms with E-state index in [0.717, 1.165) is 176 Å². The van der Waals surface area contributed by atoms with Crippen LogP contribution in [0.25, 0.3) is 115 Å². The molecule has 2 aromatic carbocycles. The van der Waals surface area contributed by atoms with Gasteiger partial charge in [0, 0.05) is 55.4 Å². The van der Waals surface area contributed by atoms with Crippen molar-refractivity contribution < 1.29 is 19.5 Å². The predicted octanol–water partition coefficient (Wildman–Crippen LogP) is 41.8. The number of hydrogen-bond acceptors (Lipinski definition) is 4. The van der Waals surface area contributed by atoms with Crippen LogP contribution >= 0.6 is 0 Å². The Kier molecular flexibility index (Phi) is 51.3. The standard InChI is InChI=1S/C132H188N8.Zn/c1-13-25-37-49-61-101(62-50-38-26-14-2)125-109-83-87-113(133-109)127(103(65-53-41-29-17-5)66-54-42-30-18-6)117-91-95-121(137-117)131(122-96-92-118(138-122)128(114-88-84-110(125)134-114)104(67-55-43-31-19-7)68-56-44-32-20-8)107-79-75-99(76-80-107)73-74-100-77-81-108(82-78-100)132-123-97-93-119(139-123)129(105(69-57-45-33-21-9)70-58-46-34-22-10)115-89-85-111(135-115)126(102(63-51-39-27-15-3)64-52-40-28-16-4)112-86-90-116(136-112)130(120-94-98-124(132)140-120)106(71-59-47-35-23-11)72-60-48-36-24-12;/h75-98,101-106,137-138H,13-72H2,1-12H3;/q-2;+2. The van der Waals surface area contributed by atoms with E-state index >= 15 is 0 Å². The van der Waals surface area contributed by atoms with Crippen LogP contribution < -0.4 is 9.97 Å². The molecular formula is C132H188N8Zn. The van der Waals surface area contributed by atoms with Gasteiger partial charge < -0.3 is 19.9 Å². The van der Waals surface area contributed by atoms with Gasteiger partial charge in [0.05, 0.1) is 45.6 Å². The molecule has 0 saturated carbocycles. The second-order valence-electron chi connectivity index (χ2n) is 42.9. The second kappa shape index (κ2) is 64.0. The van der Waals surface area contributed by atoms with Crippen molar-refractivity contribution in [3.8, 4) is 34.1 Å². The average Bonchev–Trinajstić information content (AvgIpc) is 1.62. The zero-order valence-corrected chi connectivity index (χ0v) is 94.1. The van der Waals surface area contributed by atoms with E-state index in [1.807, 2.05) is 0 Å². The topological polar surface area (TPSA) is 111 Å². The van der Waals surface area contributed by atoms with Crippen LogP contribution in [0.2, 0.25) is 0 Å². The molecule has 4 aliphatic heterocycles. The van der Waals surface area contributed by atoms with Crippen molar-refractivity contribution in [2.45, 2.75) is 504 Å². The molecule has 16 bridgehead atoms. The SMILES string of the molecule is CCCCCCC(CCCCCC)c1c2nc(c(C(CCCCCC)CCCCCC)c3ccc([nH]3)c(-c3ccc(C#Cc4ccc(-c5c6nc(c(C(CCCCCC)CCCCCC)c7ccc([n-]7)c(C(CCCCCC)CCCCCC)c7nc(c(C(CCCCCC)CCCCCC)c8ccc5[n-]8)C=C7)C=C6)cc4)cc3)c3ccc([nH]3)c(C(CCCCCC)CCCCCC)c3nc1C=C3)C=C2.[Zn+2]. The van der Waals surface area contributed by atoms with E-state index in [0.29, 0.717) is 35.5 Å². The van der Waals surface area contributed by atoms with Gasteiger partial charge in [-0.25, -0.2) is 19.9 Å². The minimum absolute atomic E-state index is 0. The average molecular weight is 1950 g/mol. The van der Waals surface area contributed by atoms with Crippen LogP contribution in [-0.2, 0) is 19.5 Å². The first-order chi connectivity index (χ1) is 69.0. The molecule has 141 heavy (non-hydrogen) atoms. The van der Waals surface area contributed by atoms with Gasteiger partial charge in [-0.1, -0.05) is 452 Å². The van der Waals surface area contributed by atoms with E-state index < -0.39 is 0 Å². The number of hydrogen-bond donors (Lipinski definition) is 2. The third-order valence-electron chi connectivity index (χ3n) is 31.6. The number of aromatic nitrogens is 8. The second-order valence-corrected chi connectivity index (χ2v) is 42.9. The third-order valence-corrected chi connectivity index (χ3v) is 31.6. The van der Waals surface area contributed by atoms with Gasteiger partial charge in [0.15, 0.2) is 0 Å². The fourth-order valence-electron chi connectivity index (χ4n) is 23.6. The number of fused-ring (bicyclic) bond motifs is 16. The minimum Gasteiger partial charge on any atom is -0.657 e. The molecule has 4 aliphatic rings. The minimum atomic E-state index is 0. The fourth-order valence-corrected chi connectivity index (χ4v) is 23.6. The van der Waals surface area contributed by atoms with Gasteiger partial charge in [-0.2, -0.15) is 0 Å². The molecule has 9 heteroatoms. The molecule has 6 aromatic heterocycles. The van der Waals surface area contributed by atoms with Crippen molar-refractivity contribution in [2.24, 2.45) is 0 Å². The van der Waals surface area contributed by atoms with Crippen LogP contribution in [-0.4, -0.2) is 29.9 Å². The summed E-state index contributed by atoms with van der Waals surface area (Å²) in [5.41, 5.74) is 32.2. The number of aromatic amines is 2. The maximum atomic E-state index is 6.06. The summed E-state index contributed by atoms with van der Waals surface area (Å²) in [4.78, 5) is 44.7. The first-order valence-corrected chi connectivity index (χ1v) is 59.0. The van der Waals surface area contributed by atoms with E-state index in [1.165, 1.54) is 365 Å². The number of benzene rings is 2. The van der Waals surface area contributed by atoms with Crippen molar-refractivity contribution in [2.75, 3.05) is 0 Å². The van der Waals surface area contributed by atoms with Crippen LogP contribution in [0, 0.1) is 11.8 Å². The molecule has 0 spiro atoms. The summed E-state index contributed by atoms with van der Waals surface area (Å²) >= 11 is 0. The quantitative estimate of drug-likeness (QED) is 0.0223. The van der Waals surface area contributed by atoms with E-state index in [1.54, 1.807) is 0 Å². The van der Waals surface area contributed by atoms with Gasteiger partial charge in [0.1, 0.15) is 0 Å². The summed E-state index contributed by atoms with van der Waals surface area (Å²) in [5, 5.41) is 0. The smallest absolute Gasteiger partial charge is 0.657 e. The summed E-state index contributed by atoms with van der Waals surface area (Å²) in [6.07, 6.45) is 92.6. The molecule has 8 nitrogen and oxygen atoms in total. The van der Waals surface area contributed by atoms with Crippen molar-refractivity contribution in [3.63, 3.8) is 0 Å². The molecule has 0 saturated heterocycles. The van der Waals surface area contributed by atoms with Crippen molar-refractivity contribution in [1.29, 1.82) is 0 Å². The van der Waals surface area contributed by atoms with Crippen LogP contribution in [0.3, 0.4) is 0 Å². The summed E-state index contributed by atoms with van der Waals surface area (Å²) < 4.78 is 0. The summed E-state index contributed by atoms with van der Waals surface area (Å²) in [7, 11) is 0. The first-order valence-electron chi connectivity index (χ1n) is 59.0. The molecule has 0 atom stereocenters. The largest absolute Gasteiger partial charge is 2.00 e. The van der Waals surface area contributed by atoms with Crippen molar-refractivity contribution in [3.05, 3.63) is 187 Å². The predicted molar refractivity (Wildman–Crippen MR) is 614 cm³/mol. The van der Waals surface area contributed by atoms with Crippen molar-refractivity contribution >= 4 is 92.7 Å². The van der Waals surface area contributed by atoms with Crippen LogP contribution in [0.5, 0.6) is 0 Å². The molecule has 8 aromatic rings. The molecule has 0 aliphatic carbocycles. The van der Waals surface area contributed by atoms with Gasteiger partial charge in [0.25, 0.3) is 0 Å². The van der Waals surface area contributed by atoms with Gasteiger partial charge in [-0.3, -0.25) is 0 Å². The van der Waals surface area contributed by atoms with E-state index in [-0.39, 0.29) is 19.5 Å². The Morgan fingerprint density at radius 3 is 0.660 bits per heavy atom. The zero-order valence-electron chi connectivity index (χ0n) is 91.1. The van der Waals surface area contributed by atoms with Gasteiger partial charge >= 0.3 is 19.5 Å². The van der Waals surface area contributed by atoms with Crippen LogP contribution in [0.15, 0.2) is 97.1 Å². The Hall–Kier alpha value is -8.18.